The fourth-order valence-electron chi connectivity index (χ4n) is 2.33. The van der Waals surface area contributed by atoms with Gasteiger partial charge in [-0.25, -0.2) is 0 Å². The number of carbonyl (C=O) groups is 1. The molecule has 1 aliphatic rings. The Balaban J connectivity index is 2.01. The summed E-state index contributed by atoms with van der Waals surface area (Å²) in [7, 11) is 0. The summed E-state index contributed by atoms with van der Waals surface area (Å²) in [6, 6.07) is 8.19. The zero-order valence-corrected chi connectivity index (χ0v) is 11.7. The fourth-order valence-corrected chi connectivity index (χ4v) is 2.73. The molecule has 0 aliphatic carbocycles. The van der Waals surface area contributed by atoms with Gasteiger partial charge >= 0.3 is 0 Å². The lowest BCUT2D eigenvalue weighted by Gasteiger charge is -2.32. The Hall–Kier alpha value is -0.670. The van der Waals surface area contributed by atoms with Crippen LogP contribution in [0.2, 0.25) is 0 Å². The van der Waals surface area contributed by atoms with E-state index in [2.05, 4.69) is 27.8 Å². The van der Waals surface area contributed by atoms with Gasteiger partial charge in [-0.15, -0.1) is 0 Å². The van der Waals surface area contributed by atoms with Crippen LogP contribution < -0.4 is 0 Å². The van der Waals surface area contributed by atoms with Crippen molar-refractivity contribution in [2.45, 2.75) is 32.2 Å². The van der Waals surface area contributed by atoms with E-state index in [-0.39, 0.29) is 5.78 Å². The fraction of sp³-hybridized carbons (Fsp3) is 0.500. The minimum absolute atomic E-state index is 0.222. The first-order chi connectivity index (χ1) is 8.16. The van der Waals surface area contributed by atoms with E-state index < -0.39 is 0 Å². The van der Waals surface area contributed by atoms with E-state index in [1.54, 1.807) is 0 Å². The molecule has 2 nitrogen and oxygen atoms in total. The Bertz CT molecular complexity index is 405. The van der Waals surface area contributed by atoms with Crippen molar-refractivity contribution < 1.29 is 4.79 Å². The van der Waals surface area contributed by atoms with Crippen LogP contribution in [0.15, 0.2) is 28.7 Å². The molecule has 0 radical (unpaired) electrons. The highest BCUT2D eigenvalue weighted by Crippen LogP contribution is 2.18. The third kappa shape index (κ3) is 3.39. The van der Waals surface area contributed by atoms with Crippen molar-refractivity contribution in [2.24, 2.45) is 0 Å². The highest BCUT2D eigenvalue weighted by molar-refractivity contribution is 9.10. The van der Waals surface area contributed by atoms with Crippen molar-refractivity contribution in [3.05, 3.63) is 34.3 Å². The van der Waals surface area contributed by atoms with Crippen LogP contribution in [0.3, 0.4) is 0 Å². The van der Waals surface area contributed by atoms with E-state index in [0.29, 0.717) is 12.6 Å². The molecule has 17 heavy (non-hydrogen) atoms. The molecule has 0 aromatic heterocycles. The topological polar surface area (TPSA) is 20.3 Å². The molecule has 1 aromatic carbocycles. The van der Waals surface area contributed by atoms with Crippen LogP contribution in [-0.2, 0) is 0 Å². The van der Waals surface area contributed by atoms with Crippen molar-refractivity contribution in [1.82, 2.24) is 4.90 Å². The van der Waals surface area contributed by atoms with Gasteiger partial charge in [-0.2, -0.15) is 0 Å². The molecule has 0 saturated carbocycles. The second-order valence-corrected chi connectivity index (χ2v) is 5.66. The summed E-state index contributed by atoms with van der Waals surface area (Å²) in [5, 5.41) is 0. The molecule has 1 atom stereocenters. The van der Waals surface area contributed by atoms with E-state index >= 15 is 0 Å². The molecule has 0 N–H and O–H groups in total. The van der Waals surface area contributed by atoms with Gasteiger partial charge in [-0.3, -0.25) is 9.69 Å². The minimum Gasteiger partial charge on any atom is -0.293 e. The molecule has 1 aromatic rings. The maximum Gasteiger partial charge on any atom is 0.176 e. The molecule has 3 heteroatoms. The molecule has 0 bridgehead atoms. The van der Waals surface area contributed by atoms with Gasteiger partial charge in [0.05, 0.1) is 6.54 Å². The molecule has 0 spiro atoms. The summed E-state index contributed by atoms with van der Waals surface area (Å²) in [6.45, 7) is 3.83. The molecule has 1 aliphatic heterocycles. The van der Waals surface area contributed by atoms with Crippen LogP contribution in [0.4, 0.5) is 0 Å². The van der Waals surface area contributed by atoms with Crippen LogP contribution in [-0.4, -0.2) is 29.8 Å². The smallest absolute Gasteiger partial charge is 0.176 e. The predicted octanol–water partition coefficient (Wildman–Crippen LogP) is 3.51. The van der Waals surface area contributed by atoms with Gasteiger partial charge in [-0.1, -0.05) is 34.5 Å². The number of piperidine rings is 1. The Morgan fingerprint density at radius 3 is 3.00 bits per heavy atom. The minimum atomic E-state index is 0.222. The molecule has 1 fully saturated rings. The first kappa shape index (κ1) is 12.8. The monoisotopic (exact) mass is 295 g/mol. The van der Waals surface area contributed by atoms with Crippen LogP contribution in [0.5, 0.6) is 0 Å². The zero-order valence-electron chi connectivity index (χ0n) is 10.2. The Kier molecular flexibility index (Phi) is 4.35. The number of hydrogen-bond donors (Lipinski definition) is 0. The van der Waals surface area contributed by atoms with Crippen molar-refractivity contribution >= 4 is 21.7 Å². The SMILES string of the molecule is CC1CCCCN1CC(=O)c1cccc(Br)c1. The van der Waals surface area contributed by atoms with E-state index in [1.165, 1.54) is 19.3 Å². The van der Waals surface area contributed by atoms with Crippen molar-refractivity contribution in [3.63, 3.8) is 0 Å². The molecule has 92 valence electrons. The number of ketones is 1. The van der Waals surface area contributed by atoms with Crippen LogP contribution in [0.1, 0.15) is 36.5 Å². The lowest BCUT2D eigenvalue weighted by atomic mass is 10.0. The molecular weight excluding hydrogens is 278 g/mol. The number of rotatable bonds is 3. The van der Waals surface area contributed by atoms with E-state index in [4.69, 9.17) is 0 Å². The van der Waals surface area contributed by atoms with Gasteiger partial charge in [0.15, 0.2) is 5.78 Å². The molecule has 1 saturated heterocycles. The summed E-state index contributed by atoms with van der Waals surface area (Å²) < 4.78 is 0.968. The van der Waals surface area contributed by atoms with E-state index in [9.17, 15) is 4.79 Å². The number of likely N-dealkylation sites (tertiary alicyclic amines) is 1. The lowest BCUT2D eigenvalue weighted by Crippen LogP contribution is -2.40. The van der Waals surface area contributed by atoms with Crippen molar-refractivity contribution in [2.75, 3.05) is 13.1 Å². The summed E-state index contributed by atoms with van der Waals surface area (Å²) in [5.41, 5.74) is 0.803. The predicted molar refractivity (Wildman–Crippen MR) is 73.4 cm³/mol. The number of halogens is 1. The van der Waals surface area contributed by atoms with Crippen LogP contribution in [0.25, 0.3) is 0 Å². The number of hydrogen-bond acceptors (Lipinski definition) is 2. The summed E-state index contributed by atoms with van der Waals surface area (Å²) in [5.74, 6) is 0.222. The summed E-state index contributed by atoms with van der Waals surface area (Å²) >= 11 is 3.40. The average Bonchev–Trinajstić information content (AvgIpc) is 2.32. The molecule has 1 unspecified atom stereocenters. The second kappa shape index (κ2) is 5.78. The largest absolute Gasteiger partial charge is 0.293 e. The number of carbonyl (C=O) groups excluding carboxylic acids is 1. The number of benzene rings is 1. The van der Waals surface area contributed by atoms with Gasteiger partial charge in [0.1, 0.15) is 0 Å². The molecule has 0 amide bonds. The first-order valence-electron chi connectivity index (χ1n) is 6.19. The van der Waals surface area contributed by atoms with E-state index in [0.717, 1.165) is 16.6 Å². The summed E-state index contributed by atoms with van der Waals surface area (Å²) in [4.78, 5) is 14.4. The quantitative estimate of drug-likeness (QED) is 0.796. The van der Waals surface area contributed by atoms with Gasteiger partial charge in [0.2, 0.25) is 0 Å². The van der Waals surface area contributed by atoms with E-state index in [1.807, 2.05) is 24.3 Å². The lowest BCUT2D eigenvalue weighted by molar-refractivity contribution is 0.0860. The van der Waals surface area contributed by atoms with Gasteiger partial charge in [-0.05, 0) is 38.4 Å². The van der Waals surface area contributed by atoms with Crippen molar-refractivity contribution in [1.29, 1.82) is 0 Å². The Labute approximate surface area is 111 Å². The standard InChI is InChI=1S/C14H18BrNO/c1-11-5-2-3-8-16(11)10-14(17)12-6-4-7-13(15)9-12/h4,6-7,9,11H,2-3,5,8,10H2,1H3. The first-order valence-corrected chi connectivity index (χ1v) is 6.99. The maximum atomic E-state index is 12.1. The van der Waals surface area contributed by atoms with Gasteiger partial charge < -0.3 is 0 Å². The third-order valence-electron chi connectivity index (χ3n) is 3.43. The molecule has 1 heterocycles. The van der Waals surface area contributed by atoms with Gasteiger partial charge in [0, 0.05) is 16.1 Å². The molecule has 2 rings (SSSR count). The zero-order chi connectivity index (χ0) is 12.3. The maximum absolute atomic E-state index is 12.1. The summed E-state index contributed by atoms with van der Waals surface area (Å²) in [6.07, 6.45) is 3.73. The molecular formula is C14H18BrNO. The van der Waals surface area contributed by atoms with Gasteiger partial charge in [0.25, 0.3) is 0 Å². The second-order valence-electron chi connectivity index (χ2n) is 4.75. The number of Topliss-reactive ketones (excluding diaryl/α,β-unsaturated/α-hetero) is 1. The van der Waals surface area contributed by atoms with Crippen LogP contribution in [0, 0.1) is 0 Å². The Morgan fingerprint density at radius 1 is 1.47 bits per heavy atom. The number of nitrogens with zero attached hydrogens (tertiary/aromatic N) is 1. The average molecular weight is 296 g/mol. The highest BCUT2D eigenvalue weighted by atomic mass is 79.9. The third-order valence-corrected chi connectivity index (χ3v) is 3.93. The van der Waals surface area contributed by atoms with Crippen molar-refractivity contribution in [3.8, 4) is 0 Å². The normalized spacial score (nSPS) is 21.4. The van der Waals surface area contributed by atoms with Crippen LogP contribution >= 0.6 is 15.9 Å². The Morgan fingerprint density at radius 2 is 2.29 bits per heavy atom. The highest BCUT2D eigenvalue weighted by Gasteiger charge is 2.20.